The van der Waals surface area contributed by atoms with Gasteiger partial charge in [-0.2, -0.15) is 0 Å². The summed E-state index contributed by atoms with van der Waals surface area (Å²) in [4.78, 5) is 0. The molecule has 1 heterocycles. The SMILES string of the molecule is Fc1ccc(OCC2CCOc3ccccc32)c(Br)c1. The number of ether oxygens (including phenoxy) is 2. The maximum Gasteiger partial charge on any atom is 0.133 e. The highest BCUT2D eigenvalue weighted by Gasteiger charge is 2.21. The van der Waals surface area contributed by atoms with Crippen molar-refractivity contribution in [3.63, 3.8) is 0 Å². The lowest BCUT2D eigenvalue weighted by molar-refractivity contribution is 0.217. The summed E-state index contributed by atoms with van der Waals surface area (Å²) in [7, 11) is 0. The largest absolute Gasteiger partial charge is 0.493 e. The standard InChI is InChI=1S/C16H14BrFO2/c17-14-9-12(18)5-6-16(14)20-10-11-7-8-19-15-4-2-1-3-13(11)15/h1-6,9,11H,7-8,10H2. The van der Waals surface area contributed by atoms with E-state index in [9.17, 15) is 4.39 Å². The molecule has 0 amide bonds. The van der Waals surface area contributed by atoms with Gasteiger partial charge in [-0.15, -0.1) is 0 Å². The van der Waals surface area contributed by atoms with Gasteiger partial charge in [0, 0.05) is 11.5 Å². The van der Waals surface area contributed by atoms with Gasteiger partial charge in [-0.3, -0.25) is 0 Å². The lowest BCUT2D eigenvalue weighted by Gasteiger charge is -2.26. The highest BCUT2D eigenvalue weighted by molar-refractivity contribution is 9.10. The van der Waals surface area contributed by atoms with E-state index >= 15 is 0 Å². The van der Waals surface area contributed by atoms with Crippen molar-refractivity contribution in [3.05, 3.63) is 58.3 Å². The summed E-state index contributed by atoms with van der Waals surface area (Å²) in [6, 6.07) is 12.5. The topological polar surface area (TPSA) is 18.5 Å². The molecule has 2 aromatic rings. The first-order valence-corrected chi connectivity index (χ1v) is 7.33. The van der Waals surface area contributed by atoms with Gasteiger partial charge in [0.15, 0.2) is 0 Å². The number of hydrogen-bond acceptors (Lipinski definition) is 2. The van der Waals surface area contributed by atoms with E-state index in [0.717, 1.165) is 12.2 Å². The third-order valence-electron chi connectivity index (χ3n) is 3.42. The van der Waals surface area contributed by atoms with Crippen LogP contribution in [-0.4, -0.2) is 13.2 Å². The molecule has 0 radical (unpaired) electrons. The van der Waals surface area contributed by atoms with Crippen LogP contribution < -0.4 is 9.47 Å². The molecule has 0 N–H and O–H groups in total. The fraction of sp³-hybridized carbons (Fsp3) is 0.250. The third kappa shape index (κ3) is 2.80. The van der Waals surface area contributed by atoms with Crippen molar-refractivity contribution in [1.29, 1.82) is 0 Å². The Bertz CT molecular complexity index is 615. The van der Waals surface area contributed by atoms with Crippen molar-refractivity contribution in [2.24, 2.45) is 0 Å². The molecule has 2 aromatic carbocycles. The Morgan fingerprint density at radius 3 is 2.95 bits per heavy atom. The molecule has 3 rings (SSSR count). The summed E-state index contributed by atoms with van der Waals surface area (Å²) in [6.07, 6.45) is 0.926. The monoisotopic (exact) mass is 336 g/mol. The Morgan fingerprint density at radius 2 is 2.10 bits per heavy atom. The molecule has 0 saturated heterocycles. The Labute approximate surface area is 125 Å². The second-order valence-corrected chi connectivity index (χ2v) is 5.61. The van der Waals surface area contributed by atoms with Crippen LogP contribution in [0.2, 0.25) is 0 Å². The van der Waals surface area contributed by atoms with Crippen LogP contribution in [0.4, 0.5) is 4.39 Å². The molecule has 0 saturated carbocycles. The van der Waals surface area contributed by atoms with Crippen LogP contribution in [0, 0.1) is 5.82 Å². The van der Waals surface area contributed by atoms with Gasteiger partial charge >= 0.3 is 0 Å². The number of fused-ring (bicyclic) bond motifs is 1. The van der Waals surface area contributed by atoms with E-state index in [4.69, 9.17) is 9.47 Å². The summed E-state index contributed by atoms with van der Waals surface area (Å²) in [5.41, 5.74) is 1.18. The number of benzene rings is 2. The van der Waals surface area contributed by atoms with Crippen molar-refractivity contribution in [2.45, 2.75) is 12.3 Å². The molecule has 2 nitrogen and oxygen atoms in total. The number of rotatable bonds is 3. The second-order valence-electron chi connectivity index (χ2n) is 4.76. The first kappa shape index (κ1) is 13.4. The van der Waals surface area contributed by atoms with Gasteiger partial charge in [-0.1, -0.05) is 18.2 Å². The zero-order valence-electron chi connectivity index (χ0n) is 10.8. The van der Waals surface area contributed by atoms with E-state index < -0.39 is 0 Å². The molecule has 0 aromatic heterocycles. The van der Waals surface area contributed by atoms with Crippen molar-refractivity contribution in [1.82, 2.24) is 0 Å². The third-order valence-corrected chi connectivity index (χ3v) is 4.04. The smallest absolute Gasteiger partial charge is 0.133 e. The molecule has 20 heavy (non-hydrogen) atoms. The molecule has 1 aliphatic rings. The minimum Gasteiger partial charge on any atom is -0.493 e. The zero-order chi connectivity index (χ0) is 13.9. The molecular formula is C16H14BrFO2. The maximum atomic E-state index is 13.0. The molecule has 1 unspecified atom stereocenters. The van der Waals surface area contributed by atoms with E-state index in [0.29, 0.717) is 29.4 Å². The van der Waals surface area contributed by atoms with E-state index in [1.54, 1.807) is 6.07 Å². The maximum absolute atomic E-state index is 13.0. The summed E-state index contributed by atoms with van der Waals surface area (Å²) in [5.74, 6) is 1.62. The van der Waals surface area contributed by atoms with Gasteiger partial charge in [0.2, 0.25) is 0 Å². The summed E-state index contributed by atoms with van der Waals surface area (Å²) >= 11 is 3.31. The molecule has 0 fully saturated rings. The van der Waals surface area contributed by atoms with Crippen LogP contribution in [0.15, 0.2) is 46.9 Å². The quantitative estimate of drug-likeness (QED) is 0.819. The van der Waals surface area contributed by atoms with E-state index in [2.05, 4.69) is 22.0 Å². The van der Waals surface area contributed by atoms with Crippen molar-refractivity contribution in [3.8, 4) is 11.5 Å². The molecule has 0 spiro atoms. The van der Waals surface area contributed by atoms with Gasteiger partial charge in [0.05, 0.1) is 17.7 Å². The average molecular weight is 337 g/mol. The van der Waals surface area contributed by atoms with E-state index in [-0.39, 0.29) is 5.82 Å². The predicted molar refractivity (Wildman–Crippen MR) is 78.9 cm³/mol. The van der Waals surface area contributed by atoms with Crippen LogP contribution in [0.25, 0.3) is 0 Å². The molecule has 104 valence electrons. The Balaban J connectivity index is 1.73. The molecule has 1 aliphatic heterocycles. The van der Waals surface area contributed by atoms with E-state index in [1.807, 2.05) is 18.2 Å². The Hall–Kier alpha value is -1.55. The lowest BCUT2D eigenvalue weighted by atomic mass is 9.94. The first-order valence-electron chi connectivity index (χ1n) is 6.53. The van der Waals surface area contributed by atoms with Crippen molar-refractivity contribution >= 4 is 15.9 Å². The van der Waals surface area contributed by atoms with Gasteiger partial charge in [-0.25, -0.2) is 4.39 Å². The van der Waals surface area contributed by atoms with Gasteiger partial charge in [-0.05, 0) is 46.6 Å². The fourth-order valence-electron chi connectivity index (χ4n) is 2.37. The normalized spacial score (nSPS) is 17.2. The van der Waals surface area contributed by atoms with Gasteiger partial charge < -0.3 is 9.47 Å². The summed E-state index contributed by atoms with van der Waals surface area (Å²) in [6.45, 7) is 1.26. The average Bonchev–Trinajstić information content (AvgIpc) is 2.46. The van der Waals surface area contributed by atoms with Crippen LogP contribution >= 0.6 is 15.9 Å². The fourth-order valence-corrected chi connectivity index (χ4v) is 2.84. The zero-order valence-corrected chi connectivity index (χ0v) is 12.4. The van der Waals surface area contributed by atoms with E-state index in [1.165, 1.54) is 17.7 Å². The molecule has 0 aliphatic carbocycles. The minimum absolute atomic E-state index is 0.277. The predicted octanol–water partition coefficient (Wildman–Crippen LogP) is 4.53. The number of halogens is 2. The summed E-state index contributed by atoms with van der Waals surface area (Å²) in [5, 5.41) is 0. The molecule has 1 atom stereocenters. The lowest BCUT2D eigenvalue weighted by Crippen LogP contribution is -2.19. The molecular weight excluding hydrogens is 323 g/mol. The van der Waals surface area contributed by atoms with Crippen molar-refractivity contribution in [2.75, 3.05) is 13.2 Å². The van der Waals surface area contributed by atoms with Crippen LogP contribution in [0.1, 0.15) is 17.9 Å². The van der Waals surface area contributed by atoms with Crippen LogP contribution in [0.3, 0.4) is 0 Å². The highest BCUT2D eigenvalue weighted by atomic mass is 79.9. The Kier molecular flexibility index (Phi) is 3.92. The molecule has 0 bridgehead atoms. The Morgan fingerprint density at radius 1 is 1.25 bits per heavy atom. The van der Waals surface area contributed by atoms with Crippen LogP contribution in [0.5, 0.6) is 11.5 Å². The first-order chi connectivity index (χ1) is 9.74. The van der Waals surface area contributed by atoms with Crippen molar-refractivity contribution < 1.29 is 13.9 Å². The van der Waals surface area contributed by atoms with Gasteiger partial charge in [0.1, 0.15) is 17.3 Å². The highest BCUT2D eigenvalue weighted by Crippen LogP contribution is 2.34. The van der Waals surface area contributed by atoms with Gasteiger partial charge in [0.25, 0.3) is 0 Å². The van der Waals surface area contributed by atoms with Crippen LogP contribution in [-0.2, 0) is 0 Å². The second kappa shape index (κ2) is 5.83. The molecule has 4 heteroatoms. The summed E-state index contributed by atoms with van der Waals surface area (Å²) < 4.78 is 25.1. The minimum atomic E-state index is -0.277. The number of hydrogen-bond donors (Lipinski definition) is 0. The number of para-hydroxylation sites is 1.